The van der Waals surface area contributed by atoms with Gasteiger partial charge in [0.25, 0.3) is 0 Å². The van der Waals surface area contributed by atoms with Gasteiger partial charge >= 0.3 is 0 Å². The number of pyridine rings is 1. The first-order valence-corrected chi connectivity index (χ1v) is 11.6. The van der Waals surface area contributed by atoms with Crippen molar-refractivity contribution >= 4 is 15.8 Å². The molecule has 0 bridgehead atoms. The van der Waals surface area contributed by atoms with Crippen molar-refractivity contribution in [2.24, 2.45) is 5.92 Å². The van der Waals surface area contributed by atoms with Crippen molar-refractivity contribution in [3.63, 3.8) is 0 Å². The van der Waals surface area contributed by atoms with E-state index in [1.54, 1.807) is 22.6 Å². The summed E-state index contributed by atoms with van der Waals surface area (Å²) < 4.78 is 33.5. The zero-order valence-electron chi connectivity index (χ0n) is 15.9. The molecule has 7 nitrogen and oxygen atoms in total. The molecule has 3 aliphatic rings. The third-order valence-corrected chi connectivity index (χ3v) is 7.82. The van der Waals surface area contributed by atoms with Crippen LogP contribution in [-0.2, 0) is 14.8 Å². The van der Waals surface area contributed by atoms with Crippen LogP contribution < -0.4 is 4.90 Å². The van der Waals surface area contributed by atoms with Crippen LogP contribution in [0.4, 0.5) is 5.82 Å². The molecule has 8 heteroatoms. The standard InChI is InChI=1S/C19H30N4O3S/c24-27(25,23-8-2-1-3-9-23)18-5-4-7-20-19(18)22-12-10-21(11-13-22)15-17-6-14-26-16-17/h4-5,7,17H,1-3,6,8-16H2. The van der Waals surface area contributed by atoms with Crippen LogP contribution in [0.1, 0.15) is 25.7 Å². The Hall–Kier alpha value is -1.22. The SMILES string of the molecule is O=S(=O)(c1cccnc1N1CCN(CC2CCOC2)CC1)N1CCCCC1. The summed E-state index contributed by atoms with van der Waals surface area (Å²) in [5.74, 6) is 1.26. The van der Waals surface area contributed by atoms with Gasteiger partial charge in [-0.3, -0.25) is 4.90 Å². The molecule has 3 aliphatic heterocycles. The summed E-state index contributed by atoms with van der Waals surface area (Å²) in [7, 11) is -3.48. The van der Waals surface area contributed by atoms with E-state index in [9.17, 15) is 8.42 Å². The summed E-state index contributed by atoms with van der Waals surface area (Å²) in [6.07, 6.45) is 5.85. The van der Waals surface area contributed by atoms with Crippen LogP contribution in [0.2, 0.25) is 0 Å². The summed E-state index contributed by atoms with van der Waals surface area (Å²) in [4.78, 5) is 9.45. The number of piperazine rings is 1. The van der Waals surface area contributed by atoms with E-state index in [0.717, 1.165) is 71.6 Å². The van der Waals surface area contributed by atoms with E-state index in [2.05, 4.69) is 14.8 Å². The third kappa shape index (κ3) is 4.29. The lowest BCUT2D eigenvalue weighted by Crippen LogP contribution is -2.48. The normalized spacial score (nSPS) is 25.8. The lowest BCUT2D eigenvalue weighted by Gasteiger charge is -2.37. The Morgan fingerprint density at radius 1 is 1.07 bits per heavy atom. The van der Waals surface area contributed by atoms with Gasteiger partial charge in [-0.15, -0.1) is 0 Å². The van der Waals surface area contributed by atoms with Crippen LogP contribution in [0.3, 0.4) is 0 Å². The molecule has 4 heterocycles. The molecule has 0 aromatic carbocycles. The highest BCUT2D eigenvalue weighted by Crippen LogP contribution is 2.28. The molecule has 0 aliphatic carbocycles. The number of hydrogen-bond acceptors (Lipinski definition) is 6. The minimum atomic E-state index is -3.48. The van der Waals surface area contributed by atoms with Crippen molar-refractivity contribution in [2.45, 2.75) is 30.6 Å². The highest BCUT2D eigenvalue weighted by molar-refractivity contribution is 7.89. The van der Waals surface area contributed by atoms with Gasteiger partial charge in [-0.25, -0.2) is 13.4 Å². The van der Waals surface area contributed by atoms with Crippen molar-refractivity contribution in [1.29, 1.82) is 0 Å². The van der Waals surface area contributed by atoms with Gasteiger partial charge in [0.05, 0.1) is 6.61 Å². The molecule has 0 N–H and O–H groups in total. The zero-order chi connectivity index (χ0) is 18.7. The fourth-order valence-electron chi connectivity index (χ4n) is 4.30. The zero-order valence-corrected chi connectivity index (χ0v) is 16.7. The lowest BCUT2D eigenvalue weighted by atomic mass is 10.1. The Kier molecular flexibility index (Phi) is 5.96. The van der Waals surface area contributed by atoms with Gasteiger partial charge < -0.3 is 9.64 Å². The first-order valence-electron chi connectivity index (χ1n) is 10.1. The average Bonchev–Trinajstić information content (AvgIpc) is 3.22. The Morgan fingerprint density at radius 2 is 1.85 bits per heavy atom. The van der Waals surface area contributed by atoms with Crippen LogP contribution in [0.25, 0.3) is 0 Å². The first kappa shape index (κ1) is 19.1. The van der Waals surface area contributed by atoms with E-state index in [4.69, 9.17) is 4.74 Å². The fraction of sp³-hybridized carbons (Fsp3) is 0.737. The number of anilines is 1. The van der Waals surface area contributed by atoms with Crippen molar-refractivity contribution in [2.75, 3.05) is 63.9 Å². The van der Waals surface area contributed by atoms with E-state index >= 15 is 0 Å². The molecule has 0 spiro atoms. The molecule has 3 saturated heterocycles. The number of rotatable bonds is 5. The quantitative estimate of drug-likeness (QED) is 0.752. The fourth-order valence-corrected chi connectivity index (χ4v) is 5.98. The molecule has 1 aromatic heterocycles. The summed E-state index contributed by atoms with van der Waals surface area (Å²) in [6, 6.07) is 3.45. The van der Waals surface area contributed by atoms with Gasteiger partial charge in [0.2, 0.25) is 10.0 Å². The second-order valence-corrected chi connectivity index (χ2v) is 9.71. The number of sulfonamides is 1. The molecule has 1 unspecified atom stereocenters. The summed E-state index contributed by atoms with van der Waals surface area (Å²) >= 11 is 0. The number of nitrogens with zero attached hydrogens (tertiary/aromatic N) is 4. The lowest BCUT2D eigenvalue weighted by molar-refractivity contribution is 0.164. The van der Waals surface area contributed by atoms with E-state index in [-0.39, 0.29) is 0 Å². The maximum absolute atomic E-state index is 13.2. The number of ether oxygens (including phenoxy) is 1. The van der Waals surface area contributed by atoms with Crippen LogP contribution in [-0.4, -0.2) is 81.6 Å². The topological polar surface area (TPSA) is 66.0 Å². The van der Waals surface area contributed by atoms with Crippen molar-refractivity contribution in [3.05, 3.63) is 18.3 Å². The Morgan fingerprint density at radius 3 is 2.56 bits per heavy atom. The minimum absolute atomic E-state index is 0.365. The smallest absolute Gasteiger partial charge is 0.246 e. The van der Waals surface area contributed by atoms with Crippen LogP contribution in [0.5, 0.6) is 0 Å². The maximum atomic E-state index is 13.2. The molecule has 4 rings (SSSR count). The molecular weight excluding hydrogens is 364 g/mol. The van der Waals surface area contributed by atoms with Crippen molar-refractivity contribution in [1.82, 2.24) is 14.2 Å². The average molecular weight is 395 g/mol. The molecule has 0 saturated carbocycles. The van der Waals surface area contributed by atoms with Gasteiger partial charge in [0, 0.05) is 58.6 Å². The predicted molar refractivity (Wildman–Crippen MR) is 104 cm³/mol. The van der Waals surface area contributed by atoms with Gasteiger partial charge in [-0.05, 0) is 37.3 Å². The molecule has 0 amide bonds. The number of hydrogen-bond donors (Lipinski definition) is 0. The Balaban J connectivity index is 1.45. The maximum Gasteiger partial charge on any atom is 0.246 e. The van der Waals surface area contributed by atoms with Crippen molar-refractivity contribution < 1.29 is 13.2 Å². The second-order valence-electron chi connectivity index (χ2n) is 7.81. The van der Waals surface area contributed by atoms with E-state index in [0.29, 0.717) is 29.7 Å². The van der Waals surface area contributed by atoms with Gasteiger partial charge in [0.15, 0.2) is 0 Å². The van der Waals surface area contributed by atoms with Crippen LogP contribution in [0, 0.1) is 5.92 Å². The Labute approximate surface area is 162 Å². The Bertz CT molecular complexity index is 722. The molecule has 0 radical (unpaired) electrons. The van der Waals surface area contributed by atoms with E-state index in [1.807, 2.05) is 0 Å². The third-order valence-electron chi connectivity index (χ3n) is 5.90. The monoisotopic (exact) mass is 394 g/mol. The van der Waals surface area contributed by atoms with Crippen LogP contribution >= 0.6 is 0 Å². The predicted octanol–water partition coefficient (Wildman–Crippen LogP) is 1.41. The molecule has 1 atom stereocenters. The summed E-state index contributed by atoms with van der Waals surface area (Å²) in [6.45, 7) is 7.58. The molecule has 27 heavy (non-hydrogen) atoms. The van der Waals surface area contributed by atoms with Crippen LogP contribution in [0.15, 0.2) is 23.2 Å². The highest BCUT2D eigenvalue weighted by Gasteiger charge is 2.31. The second kappa shape index (κ2) is 8.43. The molecule has 3 fully saturated rings. The molecular formula is C19H30N4O3S. The largest absolute Gasteiger partial charge is 0.381 e. The van der Waals surface area contributed by atoms with E-state index < -0.39 is 10.0 Å². The summed E-state index contributed by atoms with van der Waals surface area (Å²) in [5.41, 5.74) is 0. The van der Waals surface area contributed by atoms with Gasteiger partial charge in [0.1, 0.15) is 10.7 Å². The van der Waals surface area contributed by atoms with Gasteiger partial charge in [-0.2, -0.15) is 4.31 Å². The van der Waals surface area contributed by atoms with Crippen molar-refractivity contribution in [3.8, 4) is 0 Å². The highest BCUT2D eigenvalue weighted by atomic mass is 32.2. The first-order chi connectivity index (χ1) is 13.1. The number of aromatic nitrogens is 1. The number of piperidine rings is 1. The summed E-state index contributed by atoms with van der Waals surface area (Å²) in [5, 5.41) is 0. The van der Waals surface area contributed by atoms with Gasteiger partial charge in [-0.1, -0.05) is 6.42 Å². The molecule has 1 aromatic rings. The minimum Gasteiger partial charge on any atom is -0.381 e. The van der Waals surface area contributed by atoms with E-state index in [1.165, 1.54) is 0 Å². The molecule has 150 valence electrons.